The number of benzene rings is 1. The number of carbonyl (C=O) groups excluding carboxylic acids is 1. The summed E-state index contributed by atoms with van der Waals surface area (Å²) in [4.78, 5) is 11.9. The highest BCUT2D eigenvalue weighted by Gasteiger charge is 2.20. The Morgan fingerprint density at radius 1 is 1.28 bits per heavy atom. The van der Waals surface area contributed by atoms with E-state index in [4.69, 9.17) is 0 Å². The van der Waals surface area contributed by atoms with Crippen LogP contribution in [-0.2, 0) is 4.79 Å². The van der Waals surface area contributed by atoms with Crippen molar-refractivity contribution in [1.29, 1.82) is 0 Å². The van der Waals surface area contributed by atoms with Gasteiger partial charge in [-0.05, 0) is 32.3 Å². The Morgan fingerprint density at radius 3 is 2.56 bits per heavy atom. The molecule has 98 valence electrons. The molecule has 0 bridgehead atoms. The van der Waals surface area contributed by atoms with Crippen LogP contribution in [0.5, 0.6) is 0 Å². The number of hydrogen-bond acceptors (Lipinski definition) is 2. The van der Waals surface area contributed by atoms with Crippen LogP contribution in [0.2, 0.25) is 0 Å². The van der Waals surface area contributed by atoms with Gasteiger partial charge in [-0.15, -0.1) is 0 Å². The molecule has 1 aliphatic carbocycles. The van der Waals surface area contributed by atoms with Crippen LogP contribution in [0.15, 0.2) is 24.3 Å². The van der Waals surface area contributed by atoms with E-state index in [0.717, 1.165) is 12.1 Å². The molecule has 1 atom stereocenters. The predicted octanol–water partition coefficient (Wildman–Crippen LogP) is 1.97. The van der Waals surface area contributed by atoms with Crippen LogP contribution in [-0.4, -0.2) is 25.0 Å². The summed E-state index contributed by atoms with van der Waals surface area (Å²) >= 11 is 0. The van der Waals surface area contributed by atoms with E-state index in [1.807, 2.05) is 31.2 Å². The summed E-state index contributed by atoms with van der Waals surface area (Å²) in [6.45, 7) is 5.59. The molecule has 1 aromatic carbocycles. The van der Waals surface area contributed by atoms with E-state index < -0.39 is 0 Å². The highest BCUT2D eigenvalue weighted by Crippen LogP contribution is 2.18. The smallest absolute Gasteiger partial charge is 0.227 e. The van der Waals surface area contributed by atoms with Gasteiger partial charge in [0, 0.05) is 19.1 Å². The number of aryl methyl sites for hydroxylation is 1. The van der Waals surface area contributed by atoms with E-state index >= 15 is 0 Å². The molecule has 1 aliphatic rings. The summed E-state index contributed by atoms with van der Waals surface area (Å²) in [5, 5.41) is 6.36. The average Bonchev–Trinajstić information content (AvgIpc) is 3.18. The molecule has 0 aliphatic heterocycles. The van der Waals surface area contributed by atoms with Crippen molar-refractivity contribution in [3.63, 3.8) is 0 Å². The first-order chi connectivity index (χ1) is 8.66. The first-order valence-corrected chi connectivity index (χ1v) is 6.74. The third-order valence-corrected chi connectivity index (χ3v) is 3.41. The lowest BCUT2D eigenvalue weighted by atomic mass is 9.99. The topological polar surface area (TPSA) is 41.1 Å². The number of carbonyl (C=O) groups is 1. The highest BCUT2D eigenvalue weighted by molar-refractivity contribution is 5.83. The Balaban J connectivity index is 1.74. The van der Waals surface area contributed by atoms with Crippen LogP contribution in [0.3, 0.4) is 0 Å². The van der Waals surface area contributed by atoms with Gasteiger partial charge in [0.15, 0.2) is 0 Å². The Kier molecular flexibility index (Phi) is 4.37. The second kappa shape index (κ2) is 6.01. The quantitative estimate of drug-likeness (QED) is 0.753. The molecular weight excluding hydrogens is 224 g/mol. The predicted molar refractivity (Wildman–Crippen MR) is 73.6 cm³/mol. The summed E-state index contributed by atoms with van der Waals surface area (Å²) in [7, 11) is 0. The number of amides is 1. The van der Waals surface area contributed by atoms with Gasteiger partial charge in [-0.2, -0.15) is 0 Å². The first-order valence-electron chi connectivity index (χ1n) is 6.74. The van der Waals surface area contributed by atoms with E-state index in [9.17, 15) is 4.79 Å². The molecule has 18 heavy (non-hydrogen) atoms. The molecule has 1 saturated carbocycles. The molecule has 2 rings (SSSR count). The van der Waals surface area contributed by atoms with Crippen molar-refractivity contribution < 1.29 is 4.79 Å². The molecule has 3 heteroatoms. The molecule has 3 nitrogen and oxygen atoms in total. The normalized spacial score (nSPS) is 16.3. The lowest BCUT2D eigenvalue weighted by Crippen LogP contribution is -2.34. The summed E-state index contributed by atoms with van der Waals surface area (Å²) in [6.07, 6.45) is 2.57. The zero-order valence-electron chi connectivity index (χ0n) is 11.2. The fourth-order valence-electron chi connectivity index (χ4n) is 1.91. The van der Waals surface area contributed by atoms with Gasteiger partial charge in [-0.25, -0.2) is 0 Å². The first kappa shape index (κ1) is 13.1. The van der Waals surface area contributed by atoms with E-state index in [1.165, 1.54) is 18.4 Å². The van der Waals surface area contributed by atoms with Crippen molar-refractivity contribution in [2.45, 2.75) is 38.6 Å². The lowest BCUT2D eigenvalue weighted by molar-refractivity contribution is -0.122. The Labute approximate surface area is 109 Å². The Bertz CT molecular complexity index is 395. The van der Waals surface area contributed by atoms with Gasteiger partial charge >= 0.3 is 0 Å². The minimum Gasteiger partial charge on any atom is -0.354 e. The second-order valence-electron chi connectivity index (χ2n) is 5.15. The van der Waals surface area contributed by atoms with Crippen molar-refractivity contribution in [3.05, 3.63) is 35.4 Å². The van der Waals surface area contributed by atoms with Gasteiger partial charge in [0.2, 0.25) is 5.91 Å². The van der Waals surface area contributed by atoms with Crippen molar-refractivity contribution in [2.75, 3.05) is 13.1 Å². The van der Waals surface area contributed by atoms with Crippen molar-refractivity contribution in [2.24, 2.45) is 0 Å². The zero-order chi connectivity index (χ0) is 13.0. The maximum Gasteiger partial charge on any atom is 0.227 e. The molecule has 0 unspecified atom stereocenters. The maximum absolute atomic E-state index is 11.9. The summed E-state index contributed by atoms with van der Waals surface area (Å²) < 4.78 is 0. The van der Waals surface area contributed by atoms with Gasteiger partial charge in [0.25, 0.3) is 0 Å². The van der Waals surface area contributed by atoms with Gasteiger partial charge < -0.3 is 10.6 Å². The molecular formula is C15H22N2O. The molecule has 0 radical (unpaired) electrons. The summed E-state index contributed by atoms with van der Waals surface area (Å²) in [6, 6.07) is 8.86. The second-order valence-corrected chi connectivity index (χ2v) is 5.15. The fourth-order valence-corrected chi connectivity index (χ4v) is 1.91. The van der Waals surface area contributed by atoms with Crippen LogP contribution in [0, 0.1) is 6.92 Å². The van der Waals surface area contributed by atoms with E-state index in [2.05, 4.69) is 17.6 Å². The van der Waals surface area contributed by atoms with Crippen LogP contribution in [0.25, 0.3) is 0 Å². The third-order valence-electron chi connectivity index (χ3n) is 3.41. The van der Waals surface area contributed by atoms with Gasteiger partial charge in [-0.3, -0.25) is 4.79 Å². The van der Waals surface area contributed by atoms with Gasteiger partial charge in [0.05, 0.1) is 5.92 Å². The van der Waals surface area contributed by atoms with Crippen LogP contribution in [0.1, 0.15) is 36.8 Å². The molecule has 1 amide bonds. The lowest BCUT2D eigenvalue weighted by Gasteiger charge is -2.13. The summed E-state index contributed by atoms with van der Waals surface area (Å²) in [5.41, 5.74) is 2.30. The molecule has 1 aromatic rings. The molecule has 2 N–H and O–H groups in total. The van der Waals surface area contributed by atoms with Crippen LogP contribution < -0.4 is 10.6 Å². The number of rotatable bonds is 6. The molecule has 0 aromatic heterocycles. The minimum atomic E-state index is -0.0773. The van der Waals surface area contributed by atoms with Gasteiger partial charge in [-0.1, -0.05) is 29.8 Å². The molecule has 0 heterocycles. The third kappa shape index (κ3) is 3.84. The molecule has 1 fully saturated rings. The van der Waals surface area contributed by atoms with E-state index in [0.29, 0.717) is 12.6 Å². The van der Waals surface area contributed by atoms with Crippen molar-refractivity contribution >= 4 is 5.91 Å². The van der Waals surface area contributed by atoms with Crippen molar-refractivity contribution in [1.82, 2.24) is 10.6 Å². The Hall–Kier alpha value is -1.35. The SMILES string of the molecule is Cc1ccc([C@H](C)C(=O)NCCNC2CC2)cc1. The highest BCUT2D eigenvalue weighted by atomic mass is 16.1. The summed E-state index contributed by atoms with van der Waals surface area (Å²) in [5.74, 6) is 0.0305. The van der Waals surface area contributed by atoms with Crippen molar-refractivity contribution in [3.8, 4) is 0 Å². The zero-order valence-corrected chi connectivity index (χ0v) is 11.2. The number of nitrogens with one attached hydrogen (secondary N) is 2. The molecule has 0 saturated heterocycles. The van der Waals surface area contributed by atoms with Gasteiger partial charge in [0.1, 0.15) is 0 Å². The Morgan fingerprint density at radius 2 is 1.94 bits per heavy atom. The fraction of sp³-hybridized carbons (Fsp3) is 0.533. The van der Waals surface area contributed by atoms with Crippen LogP contribution >= 0.6 is 0 Å². The van der Waals surface area contributed by atoms with Crippen LogP contribution in [0.4, 0.5) is 0 Å². The maximum atomic E-state index is 11.9. The minimum absolute atomic E-state index is 0.0773. The van der Waals surface area contributed by atoms with E-state index in [-0.39, 0.29) is 11.8 Å². The van der Waals surface area contributed by atoms with E-state index in [1.54, 1.807) is 0 Å². The number of hydrogen-bond donors (Lipinski definition) is 2. The molecule has 0 spiro atoms. The monoisotopic (exact) mass is 246 g/mol. The largest absolute Gasteiger partial charge is 0.354 e. The average molecular weight is 246 g/mol. The standard InChI is InChI=1S/C15H22N2O/c1-11-3-5-13(6-4-11)12(2)15(18)17-10-9-16-14-7-8-14/h3-6,12,14,16H,7-10H2,1-2H3,(H,17,18)/t12-/m0/s1.